The summed E-state index contributed by atoms with van der Waals surface area (Å²) in [7, 11) is 0. The van der Waals surface area contributed by atoms with Gasteiger partial charge in [0, 0.05) is 19.0 Å². The molecule has 0 heterocycles. The number of aryl methyl sites for hydroxylation is 1. The lowest BCUT2D eigenvalue weighted by Crippen LogP contribution is -2.51. The van der Waals surface area contributed by atoms with Gasteiger partial charge >= 0.3 is 0 Å². The molecule has 2 aromatic rings. The van der Waals surface area contributed by atoms with E-state index in [1.54, 1.807) is 4.90 Å². The fraction of sp³-hybridized carbons (Fsp3) is 0.500. The molecule has 5 heteroatoms. The molecule has 0 aromatic heterocycles. The number of ether oxygens (including phenoxy) is 1. The normalized spacial score (nSPS) is 14.6. The highest BCUT2D eigenvalue weighted by molar-refractivity contribution is 5.87. The molecular formula is C28H38N2O3. The zero-order valence-corrected chi connectivity index (χ0v) is 20.1. The van der Waals surface area contributed by atoms with Crippen LogP contribution in [-0.2, 0) is 16.0 Å². The average Bonchev–Trinajstić information content (AvgIpc) is 3.34. The molecule has 1 fully saturated rings. The van der Waals surface area contributed by atoms with Gasteiger partial charge in [0.1, 0.15) is 11.8 Å². The number of benzene rings is 2. The van der Waals surface area contributed by atoms with Crippen molar-refractivity contribution >= 4 is 11.8 Å². The molecule has 2 aromatic carbocycles. The van der Waals surface area contributed by atoms with E-state index in [9.17, 15) is 9.59 Å². The maximum atomic E-state index is 13.3. The summed E-state index contributed by atoms with van der Waals surface area (Å²) >= 11 is 0. The molecule has 1 saturated carbocycles. The number of nitrogens with zero attached hydrogens (tertiary/aromatic N) is 1. The number of rotatable bonds is 12. The molecule has 5 nitrogen and oxygen atoms in total. The van der Waals surface area contributed by atoms with E-state index in [1.165, 1.54) is 24.0 Å². The molecule has 1 aliphatic carbocycles. The quantitative estimate of drug-likeness (QED) is 0.460. The van der Waals surface area contributed by atoms with Crippen molar-refractivity contribution in [1.29, 1.82) is 0 Å². The van der Waals surface area contributed by atoms with Gasteiger partial charge in [-0.2, -0.15) is 0 Å². The lowest BCUT2D eigenvalue weighted by Gasteiger charge is -2.31. The third-order valence-corrected chi connectivity index (χ3v) is 6.40. The Hall–Kier alpha value is -2.82. The molecule has 3 rings (SSSR count). The minimum Gasteiger partial charge on any atom is -0.494 e. The van der Waals surface area contributed by atoms with Crippen molar-refractivity contribution in [3.05, 3.63) is 65.7 Å². The summed E-state index contributed by atoms with van der Waals surface area (Å²) < 4.78 is 5.79. The van der Waals surface area contributed by atoms with Gasteiger partial charge in [-0.05, 0) is 56.7 Å². The van der Waals surface area contributed by atoms with Crippen molar-refractivity contribution in [2.24, 2.45) is 0 Å². The van der Waals surface area contributed by atoms with Gasteiger partial charge in [0.25, 0.3) is 0 Å². The van der Waals surface area contributed by atoms with Gasteiger partial charge in [0.15, 0.2) is 0 Å². The number of amides is 2. The van der Waals surface area contributed by atoms with Gasteiger partial charge in [-0.25, -0.2) is 0 Å². The van der Waals surface area contributed by atoms with E-state index < -0.39 is 6.04 Å². The molecule has 0 aliphatic heterocycles. The van der Waals surface area contributed by atoms with Crippen molar-refractivity contribution in [2.45, 2.75) is 77.3 Å². The Morgan fingerprint density at radius 3 is 2.42 bits per heavy atom. The Kier molecular flexibility index (Phi) is 9.79. The molecule has 1 N–H and O–H groups in total. The van der Waals surface area contributed by atoms with Crippen molar-refractivity contribution in [1.82, 2.24) is 10.2 Å². The van der Waals surface area contributed by atoms with Crippen LogP contribution >= 0.6 is 0 Å². The van der Waals surface area contributed by atoms with Crippen molar-refractivity contribution in [3.63, 3.8) is 0 Å². The highest BCUT2D eigenvalue weighted by Crippen LogP contribution is 2.19. The van der Waals surface area contributed by atoms with E-state index >= 15 is 0 Å². The Morgan fingerprint density at radius 1 is 1.06 bits per heavy atom. The largest absolute Gasteiger partial charge is 0.494 e. The topological polar surface area (TPSA) is 58.6 Å². The van der Waals surface area contributed by atoms with Crippen LogP contribution in [0.3, 0.4) is 0 Å². The third-order valence-electron chi connectivity index (χ3n) is 6.40. The van der Waals surface area contributed by atoms with Crippen LogP contribution in [0.1, 0.15) is 63.0 Å². The molecule has 0 radical (unpaired) electrons. The predicted octanol–water partition coefficient (Wildman–Crippen LogP) is 5.06. The minimum absolute atomic E-state index is 0.0123. The molecule has 178 valence electrons. The van der Waals surface area contributed by atoms with E-state index in [1.807, 2.05) is 56.3 Å². The maximum absolute atomic E-state index is 13.3. The molecule has 0 bridgehead atoms. The SMILES string of the molecule is CCC(C(=O)NC1CCCC1)N(CCc1ccccc1)C(=O)CCCOc1ccc(C)cc1. The first kappa shape index (κ1) is 24.8. The van der Waals surface area contributed by atoms with Crippen LogP contribution in [0.15, 0.2) is 54.6 Å². The van der Waals surface area contributed by atoms with Crippen LogP contribution in [0.5, 0.6) is 5.75 Å². The minimum atomic E-state index is -0.431. The van der Waals surface area contributed by atoms with Crippen molar-refractivity contribution in [2.75, 3.05) is 13.2 Å². The zero-order chi connectivity index (χ0) is 23.5. The van der Waals surface area contributed by atoms with Gasteiger partial charge in [-0.3, -0.25) is 9.59 Å². The Balaban J connectivity index is 1.59. The van der Waals surface area contributed by atoms with Crippen LogP contribution in [-0.4, -0.2) is 41.9 Å². The smallest absolute Gasteiger partial charge is 0.243 e. The van der Waals surface area contributed by atoms with Crippen LogP contribution in [0, 0.1) is 6.92 Å². The van der Waals surface area contributed by atoms with Gasteiger partial charge in [-0.1, -0.05) is 67.8 Å². The molecular weight excluding hydrogens is 412 g/mol. The molecule has 2 amide bonds. The van der Waals surface area contributed by atoms with Crippen LogP contribution in [0.25, 0.3) is 0 Å². The first-order valence-electron chi connectivity index (χ1n) is 12.4. The third kappa shape index (κ3) is 7.92. The predicted molar refractivity (Wildman–Crippen MR) is 132 cm³/mol. The second-order valence-electron chi connectivity index (χ2n) is 9.00. The number of carbonyl (C=O) groups is 2. The summed E-state index contributed by atoms with van der Waals surface area (Å²) in [4.78, 5) is 28.1. The number of carbonyl (C=O) groups excluding carboxylic acids is 2. The summed E-state index contributed by atoms with van der Waals surface area (Å²) in [6.45, 7) is 5.05. The van der Waals surface area contributed by atoms with Crippen molar-refractivity contribution in [3.8, 4) is 5.75 Å². The fourth-order valence-corrected chi connectivity index (χ4v) is 4.45. The lowest BCUT2D eigenvalue weighted by molar-refractivity contribution is -0.141. The fourth-order valence-electron chi connectivity index (χ4n) is 4.45. The average molecular weight is 451 g/mol. The van der Waals surface area contributed by atoms with E-state index in [-0.39, 0.29) is 17.9 Å². The Labute approximate surface area is 198 Å². The van der Waals surface area contributed by atoms with E-state index in [0.717, 1.165) is 25.0 Å². The summed E-state index contributed by atoms with van der Waals surface area (Å²) in [5, 5.41) is 3.20. The van der Waals surface area contributed by atoms with Gasteiger partial charge < -0.3 is 15.0 Å². The maximum Gasteiger partial charge on any atom is 0.243 e. The van der Waals surface area contributed by atoms with Gasteiger partial charge in [0.05, 0.1) is 6.61 Å². The summed E-state index contributed by atoms with van der Waals surface area (Å²) in [5.41, 5.74) is 2.36. The monoisotopic (exact) mass is 450 g/mol. The second-order valence-corrected chi connectivity index (χ2v) is 9.00. The van der Waals surface area contributed by atoms with E-state index in [2.05, 4.69) is 17.4 Å². The first-order valence-corrected chi connectivity index (χ1v) is 12.4. The number of hydrogen-bond acceptors (Lipinski definition) is 3. The summed E-state index contributed by atoms with van der Waals surface area (Å²) in [6, 6.07) is 17.9. The van der Waals surface area contributed by atoms with E-state index in [4.69, 9.17) is 4.74 Å². The van der Waals surface area contributed by atoms with Crippen LogP contribution in [0.4, 0.5) is 0 Å². The number of hydrogen-bond donors (Lipinski definition) is 1. The summed E-state index contributed by atoms with van der Waals surface area (Å²) in [6.07, 6.45) is 6.74. The summed E-state index contributed by atoms with van der Waals surface area (Å²) in [5.74, 6) is 0.824. The van der Waals surface area contributed by atoms with Crippen LogP contribution in [0.2, 0.25) is 0 Å². The van der Waals surface area contributed by atoms with Crippen molar-refractivity contribution < 1.29 is 14.3 Å². The van der Waals surface area contributed by atoms with Crippen LogP contribution < -0.4 is 10.1 Å². The first-order chi connectivity index (χ1) is 16.1. The highest BCUT2D eigenvalue weighted by atomic mass is 16.5. The molecule has 1 unspecified atom stereocenters. The van der Waals surface area contributed by atoms with E-state index in [0.29, 0.717) is 32.4 Å². The molecule has 0 saturated heterocycles. The van der Waals surface area contributed by atoms with Gasteiger partial charge in [0.2, 0.25) is 11.8 Å². The Morgan fingerprint density at radius 2 is 1.76 bits per heavy atom. The lowest BCUT2D eigenvalue weighted by atomic mass is 10.1. The molecule has 33 heavy (non-hydrogen) atoms. The molecule has 1 atom stereocenters. The standard InChI is InChI=1S/C28H38N2O3/c1-3-26(28(32)29-24-12-7-8-13-24)30(20-19-23-10-5-4-6-11-23)27(31)14-9-21-33-25-17-15-22(2)16-18-25/h4-6,10-11,15-18,24,26H,3,7-9,12-14,19-21H2,1-2H3,(H,29,32). The molecule has 1 aliphatic rings. The molecule has 0 spiro atoms. The highest BCUT2D eigenvalue weighted by Gasteiger charge is 2.30. The Bertz CT molecular complexity index is 860. The number of nitrogens with one attached hydrogen (secondary N) is 1. The zero-order valence-electron chi connectivity index (χ0n) is 20.1. The second kappa shape index (κ2) is 13.0. The van der Waals surface area contributed by atoms with Gasteiger partial charge in [-0.15, -0.1) is 0 Å².